The molecule has 0 bridgehead atoms. The molecule has 19 heavy (non-hydrogen) atoms. The molecule has 4 heteroatoms. The number of nitrogens with zero attached hydrogens (tertiary/aromatic N) is 1. The van der Waals surface area contributed by atoms with E-state index < -0.39 is 0 Å². The first-order valence-corrected chi connectivity index (χ1v) is 6.85. The third-order valence-electron chi connectivity index (χ3n) is 3.84. The number of hydrogen-bond donors (Lipinski definition) is 1. The van der Waals surface area contributed by atoms with E-state index in [2.05, 4.69) is 17.4 Å². The normalized spacial score (nSPS) is 22.8. The minimum Gasteiger partial charge on any atom is -0.356 e. The van der Waals surface area contributed by atoms with Gasteiger partial charge < -0.3 is 9.84 Å². The second kappa shape index (κ2) is 5.03. The lowest BCUT2D eigenvalue weighted by Gasteiger charge is -2.11. The molecule has 100 valence electrons. The minimum absolute atomic E-state index is 0.0400. The first-order chi connectivity index (χ1) is 9.22. The summed E-state index contributed by atoms with van der Waals surface area (Å²) in [4.78, 5) is 12.0. The van der Waals surface area contributed by atoms with Gasteiger partial charge in [0.25, 0.3) is 0 Å². The van der Waals surface area contributed by atoms with Crippen LogP contribution in [0.2, 0.25) is 0 Å². The molecule has 1 saturated carbocycles. The van der Waals surface area contributed by atoms with Crippen molar-refractivity contribution >= 4 is 16.9 Å². The molecule has 1 heterocycles. The van der Waals surface area contributed by atoms with Gasteiger partial charge in [-0.25, -0.2) is 0 Å². The van der Waals surface area contributed by atoms with Gasteiger partial charge in [0.05, 0.1) is 6.42 Å². The monoisotopic (exact) mass is 258 g/mol. The first kappa shape index (κ1) is 12.2. The molecule has 3 rings (SSSR count). The quantitative estimate of drug-likeness (QED) is 0.920. The molecule has 1 aromatic heterocycles. The smallest absolute Gasteiger partial charge is 0.226 e. The molecule has 1 aliphatic rings. The van der Waals surface area contributed by atoms with Crippen LogP contribution in [0.5, 0.6) is 0 Å². The summed E-state index contributed by atoms with van der Waals surface area (Å²) in [7, 11) is 0. The highest BCUT2D eigenvalue weighted by Gasteiger charge is 2.23. The molecule has 2 atom stereocenters. The molecule has 2 aromatic rings. The van der Waals surface area contributed by atoms with Crippen molar-refractivity contribution in [3.05, 3.63) is 30.0 Å². The lowest BCUT2D eigenvalue weighted by molar-refractivity contribution is -0.121. The Morgan fingerprint density at radius 1 is 1.42 bits per heavy atom. The average Bonchev–Trinajstić information content (AvgIpc) is 2.97. The van der Waals surface area contributed by atoms with E-state index in [-0.39, 0.29) is 5.91 Å². The SMILES string of the molecule is CC1CCC(NC(=O)Cc2noc3ccccc23)C1. The Labute approximate surface area is 112 Å². The van der Waals surface area contributed by atoms with E-state index in [1.807, 2.05) is 24.3 Å². The van der Waals surface area contributed by atoms with Gasteiger partial charge in [-0.2, -0.15) is 0 Å². The molecular weight excluding hydrogens is 240 g/mol. The highest BCUT2D eigenvalue weighted by atomic mass is 16.5. The van der Waals surface area contributed by atoms with Gasteiger partial charge in [0.15, 0.2) is 5.58 Å². The Morgan fingerprint density at radius 2 is 2.26 bits per heavy atom. The van der Waals surface area contributed by atoms with Crippen LogP contribution in [0.1, 0.15) is 31.9 Å². The summed E-state index contributed by atoms with van der Waals surface area (Å²) in [5.41, 5.74) is 1.46. The molecule has 1 fully saturated rings. The van der Waals surface area contributed by atoms with Gasteiger partial charge in [-0.05, 0) is 37.3 Å². The highest BCUT2D eigenvalue weighted by Crippen LogP contribution is 2.25. The number of carbonyl (C=O) groups excluding carboxylic acids is 1. The largest absolute Gasteiger partial charge is 0.356 e. The van der Waals surface area contributed by atoms with Gasteiger partial charge in [0, 0.05) is 11.4 Å². The van der Waals surface area contributed by atoms with Crippen LogP contribution in [-0.2, 0) is 11.2 Å². The number of amides is 1. The summed E-state index contributed by atoms with van der Waals surface area (Å²) in [6, 6.07) is 7.96. The van der Waals surface area contributed by atoms with E-state index >= 15 is 0 Å². The van der Waals surface area contributed by atoms with Crippen LogP contribution in [0.25, 0.3) is 11.0 Å². The fourth-order valence-corrected chi connectivity index (χ4v) is 2.83. The summed E-state index contributed by atoms with van der Waals surface area (Å²) in [5.74, 6) is 0.760. The minimum atomic E-state index is 0.0400. The van der Waals surface area contributed by atoms with Crippen LogP contribution in [0.4, 0.5) is 0 Å². The topological polar surface area (TPSA) is 55.1 Å². The van der Waals surface area contributed by atoms with Crippen LogP contribution in [-0.4, -0.2) is 17.1 Å². The van der Waals surface area contributed by atoms with E-state index in [4.69, 9.17) is 4.52 Å². The second-order valence-electron chi connectivity index (χ2n) is 5.48. The number of nitrogens with one attached hydrogen (secondary N) is 1. The van der Waals surface area contributed by atoms with Crippen molar-refractivity contribution in [2.24, 2.45) is 5.92 Å². The highest BCUT2D eigenvalue weighted by molar-refractivity contribution is 5.86. The van der Waals surface area contributed by atoms with Crippen molar-refractivity contribution in [3.63, 3.8) is 0 Å². The zero-order valence-electron chi connectivity index (χ0n) is 11.1. The van der Waals surface area contributed by atoms with Crippen LogP contribution in [0, 0.1) is 5.92 Å². The van der Waals surface area contributed by atoms with Gasteiger partial charge >= 0.3 is 0 Å². The third-order valence-corrected chi connectivity index (χ3v) is 3.84. The zero-order valence-corrected chi connectivity index (χ0v) is 11.1. The van der Waals surface area contributed by atoms with Crippen molar-refractivity contribution in [3.8, 4) is 0 Å². The molecule has 2 unspecified atom stereocenters. The number of carbonyl (C=O) groups is 1. The number of benzene rings is 1. The van der Waals surface area contributed by atoms with E-state index in [1.165, 1.54) is 6.42 Å². The number of fused-ring (bicyclic) bond motifs is 1. The molecule has 1 amide bonds. The number of hydrogen-bond acceptors (Lipinski definition) is 3. The molecule has 1 N–H and O–H groups in total. The third kappa shape index (κ3) is 2.62. The fraction of sp³-hybridized carbons (Fsp3) is 0.467. The van der Waals surface area contributed by atoms with Crippen LogP contribution in [0.3, 0.4) is 0 Å². The fourth-order valence-electron chi connectivity index (χ4n) is 2.83. The number of rotatable bonds is 3. The van der Waals surface area contributed by atoms with Gasteiger partial charge in [0.1, 0.15) is 5.69 Å². The number of aromatic nitrogens is 1. The van der Waals surface area contributed by atoms with Crippen LogP contribution >= 0.6 is 0 Å². The summed E-state index contributed by atoms with van der Waals surface area (Å²) >= 11 is 0. The van der Waals surface area contributed by atoms with E-state index in [0.717, 1.165) is 35.4 Å². The zero-order chi connectivity index (χ0) is 13.2. The maximum absolute atomic E-state index is 12.0. The maximum Gasteiger partial charge on any atom is 0.226 e. The van der Waals surface area contributed by atoms with Crippen molar-refractivity contribution in [1.29, 1.82) is 0 Å². The first-order valence-electron chi connectivity index (χ1n) is 6.85. The molecule has 1 aromatic carbocycles. The summed E-state index contributed by atoms with van der Waals surface area (Å²) < 4.78 is 5.21. The van der Waals surface area contributed by atoms with Gasteiger partial charge in [0.2, 0.25) is 5.91 Å². The molecule has 0 spiro atoms. The Balaban J connectivity index is 1.66. The van der Waals surface area contributed by atoms with Crippen molar-refractivity contribution in [2.45, 2.75) is 38.6 Å². The Bertz CT molecular complexity index is 591. The molecule has 0 aliphatic heterocycles. The van der Waals surface area contributed by atoms with Gasteiger partial charge in [-0.15, -0.1) is 0 Å². The number of para-hydroxylation sites is 1. The predicted molar refractivity (Wildman–Crippen MR) is 72.7 cm³/mol. The summed E-state index contributed by atoms with van der Waals surface area (Å²) in [6.45, 7) is 2.23. The van der Waals surface area contributed by atoms with E-state index in [9.17, 15) is 4.79 Å². The standard InChI is InChI=1S/C15H18N2O2/c1-10-6-7-11(8-10)16-15(18)9-13-12-4-2-3-5-14(12)19-17-13/h2-5,10-11H,6-9H2,1H3,(H,16,18). The molecule has 0 saturated heterocycles. The second-order valence-corrected chi connectivity index (χ2v) is 5.48. The predicted octanol–water partition coefficient (Wildman–Crippen LogP) is 2.68. The summed E-state index contributed by atoms with van der Waals surface area (Å²) in [5, 5.41) is 8.01. The van der Waals surface area contributed by atoms with Crippen molar-refractivity contribution < 1.29 is 9.32 Å². The van der Waals surface area contributed by atoms with Crippen molar-refractivity contribution in [2.75, 3.05) is 0 Å². The Morgan fingerprint density at radius 3 is 3.05 bits per heavy atom. The van der Waals surface area contributed by atoms with E-state index in [0.29, 0.717) is 12.5 Å². The Kier molecular flexibility index (Phi) is 3.23. The van der Waals surface area contributed by atoms with Crippen molar-refractivity contribution in [1.82, 2.24) is 10.5 Å². The molecular formula is C15H18N2O2. The lowest BCUT2D eigenvalue weighted by Crippen LogP contribution is -2.34. The average molecular weight is 258 g/mol. The lowest BCUT2D eigenvalue weighted by atomic mass is 10.1. The molecule has 1 aliphatic carbocycles. The molecule has 4 nitrogen and oxygen atoms in total. The summed E-state index contributed by atoms with van der Waals surface area (Å²) in [6.07, 6.45) is 3.68. The van der Waals surface area contributed by atoms with Crippen LogP contribution in [0.15, 0.2) is 28.8 Å². The molecule has 0 radical (unpaired) electrons. The Hall–Kier alpha value is -1.84. The van der Waals surface area contributed by atoms with Crippen LogP contribution < -0.4 is 5.32 Å². The van der Waals surface area contributed by atoms with E-state index in [1.54, 1.807) is 0 Å². The van der Waals surface area contributed by atoms with Gasteiger partial charge in [-0.3, -0.25) is 4.79 Å². The maximum atomic E-state index is 12.0. The van der Waals surface area contributed by atoms with Gasteiger partial charge in [-0.1, -0.05) is 24.2 Å².